The molecule has 0 bridgehead atoms. The monoisotopic (exact) mass is 324 g/mol. The van der Waals surface area contributed by atoms with Gasteiger partial charge in [-0.1, -0.05) is 34.6 Å². The predicted molar refractivity (Wildman–Crippen MR) is 100 cm³/mol. The minimum Gasteiger partial charge on any atom is -0.493 e. The third-order valence-electron chi connectivity index (χ3n) is 3.73. The number of nitrogen functional groups attached to an aromatic ring is 1. The van der Waals surface area contributed by atoms with Crippen LogP contribution in [0.25, 0.3) is 0 Å². The highest BCUT2D eigenvalue weighted by Gasteiger charge is 2.15. The molecule has 1 aromatic carbocycles. The highest BCUT2D eigenvalue weighted by molar-refractivity contribution is 5.51. The van der Waals surface area contributed by atoms with Gasteiger partial charge in [0.2, 0.25) is 0 Å². The molecule has 134 valence electrons. The Morgan fingerprint density at radius 1 is 1.09 bits per heavy atom. The second kappa shape index (κ2) is 13.1. The van der Waals surface area contributed by atoms with Gasteiger partial charge in [-0.15, -0.1) is 0 Å². The minimum absolute atomic E-state index is 0.675. The van der Waals surface area contributed by atoms with Gasteiger partial charge in [0.25, 0.3) is 0 Å². The van der Waals surface area contributed by atoms with E-state index in [4.69, 9.17) is 15.2 Å². The quantitative estimate of drug-likeness (QED) is 0.813. The highest BCUT2D eigenvalue weighted by Crippen LogP contribution is 2.29. The van der Waals surface area contributed by atoms with E-state index in [9.17, 15) is 0 Å². The van der Waals surface area contributed by atoms with Gasteiger partial charge in [-0.3, -0.25) is 4.90 Å². The molecule has 4 heteroatoms. The molecule has 1 saturated heterocycles. The number of ether oxygens (including phenoxy) is 2. The van der Waals surface area contributed by atoms with Crippen molar-refractivity contribution < 1.29 is 9.47 Å². The lowest BCUT2D eigenvalue weighted by atomic mass is 9.99. The zero-order valence-electron chi connectivity index (χ0n) is 15.9. The lowest BCUT2D eigenvalue weighted by molar-refractivity contribution is 0.159. The first-order valence-corrected chi connectivity index (χ1v) is 8.97. The second-order valence-electron chi connectivity index (χ2n) is 5.28. The Balaban J connectivity index is 0.00000112. The Kier molecular flexibility index (Phi) is 12.3. The van der Waals surface area contributed by atoms with Crippen LogP contribution in [-0.4, -0.2) is 38.3 Å². The third kappa shape index (κ3) is 8.12. The van der Waals surface area contributed by atoms with Crippen LogP contribution < -0.4 is 15.2 Å². The Morgan fingerprint density at radius 3 is 2.26 bits per heavy atom. The van der Waals surface area contributed by atoms with E-state index in [-0.39, 0.29) is 0 Å². The first kappa shape index (κ1) is 21.6. The van der Waals surface area contributed by atoms with Gasteiger partial charge in [-0.2, -0.15) is 0 Å². The fourth-order valence-corrected chi connectivity index (χ4v) is 2.38. The molecule has 4 nitrogen and oxygen atoms in total. The van der Waals surface area contributed by atoms with Gasteiger partial charge in [-0.25, -0.2) is 0 Å². The maximum absolute atomic E-state index is 5.79. The van der Waals surface area contributed by atoms with Crippen LogP contribution in [-0.2, 0) is 0 Å². The van der Waals surface area contributed by atoms with Gasteiger partial charge in [-0.05, 0) is 44.0 Å². The van der Waals surface area contributed by atoms with Gasteiger partial charge in [0.15, 0.2) is 11.5 Å². The fourth-order valence-electron chi connectivity index (χ4n) is 2.38. The van der Waals surface area contributed by atoms with E-state index in [2.05, 4.69) is 11.8 Å². The van der Waals surface area contributed by atoms with Crippen molar-refractivity contribution in [2.24, 2.45) is 5.92 Å². The van der Waals surface area contributed by atoms with Crippen LogP contribution in [0.1, 0.15) is 47.5 Å². The molecule has 1 fully saturated rings. The highest BCUT2D eigenvalue weighted by atomic mass is 16.5. The Morgan fingerprint density at radius 2 is 1.70 bits per heavy atom. The second-order valence-corrected chi connectivity index (χ2v) is 5.28. The van der Waals surface area contributed by atoms with E-state index in [1.165, 1.54) is 25.9 Å². The molecule has 0 saturated carbocycles. The molecule has 1 heterocycles. The van der Waals surface area contributed by atoms with E-state index in [1.807, 2.05) is 45.9 Å². The number of benzene rings is 1. The van der Waals surface area contributed by atoms with Crippen molar-refractivity contribution in [3.63, 3.8) is 0 Å². The Bertz CT molecular complexity index is 402. The van der Waals surface area contributed by atoms with Gasteiger partial charge >= 0.3 is 0 Å². The number of likely N-dealkylation sites (tertiary alicyclic amines) is 1. The first-order valence-electron chi connectivity index (χ1n) is 8.97. The maximum atomic E-state index is 5.79. The topological polar surface area (TPSA) is 47.7 Å². The van der Waals surface area contributed by atoms with Crippen molar-refractivity contribution in [1.82, 2.24) is 4.90 Å². The van der Waals surface area contributed by atoms with Crippen molar-refractivity contribution in [2.45, 2.75) is 47.5 Å². The summed E-state index contributed by atoms with van der Waals surface area (Å²) in [5.74, 6) is 2.33. The molecule has 1 aliphatic rings. The SMILES string of the molecule is CC.CC.COc1ccc(N)cc1OCCN1CCC(C)CC1. The van der Waals surface area contributed by atoms with Crippen molar-refractivity contribution in [3.8, 4) is 11.5 Å². The molecule has 0 unspecified atom stereocenters. The molecule has 2 rings (SSSR count). The number of rotatable bonds is 5. The maximum Gasteiger partial charge on any atom is 0.163 e. The number of nitrogens with zero attached hydrogens (tertiary/aromatic N) is 1. The smallest absolute Gasteiger partial charge is 0.163 e. The van der Waals surface area contributed by atoms with Crippen LogP contribution in [0.4, 0.5) is 5.69 Å². The molecular formula is C19H36N2O2. The van der Waals surface area contributed by atoms with Crippen LogP contribution in [0, 0.1) is 5.92 Å². The summed E-state index contributed by atoms with van der Waals surface area (Å²) in [6.07, 6.45) is 2.59. The summed E-state index contributed by atoms with van der Waals surface area (Å²) in [6, 6.07) is 5.47. The average Bonchev–Trinajstić information content (AvgIpc) is 2.60. The molecule has 0 spiro atoms. The largest absolute Gasteiger partial charge is 0.493 e. The normalized spacial score (nSPS) is 14.9. The molecule has 1 aromatic rings. The standard InChI is InChI=1S/C15H24N2O2.2C2H6/c1-12-5-7-17(8-6-12)9-10-19-15-11-13(16)3-4-14(15)18-2;2*1-2/h3-4,11-12H,5-10,16H2,1-2H3;2*1-2H3. The number of anilines is 1. The molecule has 2 N–H and O–H groups in total. The summed E-state index contributed by atoms with van der Waals surface area (Å²) >= 11 is 0. The van der Waals surface area contributed by atoms with Crippen molar-refractivity contribution >= 4 is 5.69 Å². The summed E-state index contributed by atoms with van der Waals surface area (Å²) in [6.45, 7) is 14.3. The van der Waals surface area contributed by atoms with Crippen LogP contribution >= 0.6 is 0 Å². The summed E-state index contributed by atoms with van der Waals surface area (Å²) < 4.78 is 11.1. The van der Waals surface area contributed by atoms with E-state index >= 15 is 0 Å². The molecule has 0 radical (unpaired) electrons. The van der Waals surface area contributed by atoms with Gasteiger partial charge in [0.05, 0.1) is 7.11 Å². The number of hydrogen-bond donors (Lipinski definition) is 1. The third-order valence-corrected chi connectivity index (χ3v) is 3.73. The van der Waals surface area contributed by atoms with Crippen LogP contribution in [0.15, 0.2) is 18.2 Å². The minimum atomic E-state index is 0.675. The van der Waals surface area contributed by atoms with E-state index < -0.39 is 0 Å². The first-order chi connectivity index (χ1) is 11.2. The lowest BCUT2D eigenvalue weighted by Crippen LogP contribution is -2.35. The van der Waals surface area contributed by atoms with E-state index in [1.54, 1.807) is 7.11 Å². The zero-order valence-corrected chi connectivity index (χ0v) is 15.9. The van der Waals surface area contributed by atoms with Crippen molar-refractivity contribution in [2.75, 3.05) is 39.1 Å². The molecule has 0 amide bonds. The average molecular weight is 325 g/mol. The van der Waals surface area contributed by atoms with Crippen molar-refractivity contribution in [1.29, 1.82) is 0 Å². The van der Waals surface area contributed by atoms with E-state index in [0.29, 0.717) is 12.3 Å². The van der Waals surface area contributed by atoms with Gasteiger partial charge in [0.1, 0.15) is 6.61 Å². The van der Waals surface area contributed by atoms with Gasteiger partial charge < -0.3 is 15.2 Å². The summed E-state index contributed by atoms with van der Waals surface area (Å²) in [5, 5.41) is 0. The summed E-state index contributed by atoms with van der Waals surface area (Å²) in [5.41, 5.74) is 6.46. The summed E-state index contributed by atoms with van der Waals surface area (Å²) in [7, 11) is 1.64. The lowest BCUT2D eigenvalue weighted by Gasteiger charge is -2.30. The predicted octanol–water partition coefficient (Wildman–Crippen LogP) is 4.44. The Hall–Kier alpha value is -1.42. The molecule has 1 aliphatic heterocycles. The van der Waals surface area contributed by atoms with Gasteiger partial charge in [0, 0.05) is 18.3 Å². The summed E-state index contributed by atoms with van der Waals surface area (Å²) in [4.78, 5) is 2.46. The molecular weight excluding hydrogens is 288 g/mol. The van der Waals surface area contributed by atoms with E-state index in [0.717, 1.165) is 24.0 Å². The number of methoxy groups -OCH3 is 1. The molecule has 0 aliphatic carbocycles. The van der Waals surface area contributed by atoms with Crippen LogP contribution in [0.5, 0.6) is 11.5 Å². The molecule has 23 heavy (non-hydrogen) atoms. The van der Waals surface area contributed by atoms with Crippen LogP contribution in [0.2, 0.25) is 0 Å². The zero-order chi connectivity index (χ0) is 17.7. The van der Waals surface area contributed by atoms with Crippen molar-refractivity contribution in [3.05, 3.63) is 18.2 Å². The molecule has 0 atom stereocenters. The Labute approximate surface area is 143 Å². The number of nitrogens with two attached hydrogens (primary N) is 1. The fraction of sp³-hybridized carbons (Fsp3) is 0.684. The number of hydrogen-bond acceptors (Lipinski definition) is 4. The van der Waals surface area contributed by atoms with Crippen LogP contribution in [0.3, 0.4) is 0 Å². The number of piperidine rings is 1. The molecule has 0 aromatic heterocycles.